The molecule has 0 fully saturated rings. The lowest BCUT2D eigenvalue weighted by atomic mass is 10.1. The van der Waals surface area contributed by atoms with Gasteiger partial charge in [0.05, 0.1) is 12.3 Å². The number of carbonyl (C=O) groups is 1. The van der Waals surface area contributed by atoms with Crippen LogP contribution in [0.3, 0.4) is 0 Å². The minimum absolute atomic E-state index is 0.306. The molecule has 4 rings (SSSR count). The summed E-state index contributed by atoms with van der Waals surface area (Å²) in [5.74, 6) is 1.25. The van der Waals surface area contributed by atoms with Crippen LogP contribution in [0.4, 0.5) is 5.69 Å². The summed E-state index contributed by atoms with van der Waals surface area (Å²) in [6.45, 7) is 2.39. The number of nitrogens with zero attached hydrogens (tertiary/aromatic N) is 2. The smallest absolute Gasteiger partial charge is 0.270 e. The molecule has 0 radical (unpaired) electrons. The van der Waals surface area contributed by atoms with Crippen molar-refractivity contribution in [1.82, 2.24) is 10.2 Å². The van der Waals surface area contributed by atoms with Crippen molar-refractivity contribution in [1.29, 1.82) is 0 Å². The second-order valence-corrected chi connectivity index (χ2v) is 6.60. The minimum Gasteiger partial charge on any atom is -0.492 e. The maximum absolute atomic E-state index is 13.2. The van der Waals surface area contributed by atoms with Gasteiger partial charge in [0, 0.05) is 11.1 Å². The van der Waals surface area contributed by atoms with Gasteiger partial charge < -0.3 is 19.2 Å². The highest BCUT2D eigenvalue weighted by molar-refractivity contribution is 5.96. The van der Waals surface area contributed by atoms with E-state index in [9.17, 15) is 4.79 Å². The second kappa shape index (κ2) is 9.58. The number of anilines is 1. The first kappa shape index (κ1) is 20.2. The fraction of sp³-hybridized carbons (Fsp3) is 0.125. The van der Waals surface area contributed by atoms with E-state index < -0.39 is 6.10 Å². The van der Waals surface area contributed by atoms with Crippen LogP contribution in [0, 0.1) is 0 Å². The molecule has 1 aromatic heterocycles. The van der Waals surface area contributed by atoms with Crippen LogP contribution in [-0.2, 0) is 4.79 Å². The summed E-state index contributed by atoms with van der Waals surface area (Å²) in [4.78, 5) is 13.2. The largest absolute Gasteiger partial charge is 0.492 e. The van der Waals surface area contributed by atoms with Gasteiger partial charge in [-0.2, -0.15) is 0 Å². The fourth-order valence-electron chi connectivity index (χ4n) is 3.06. The molecule has 0 aliphatic carbocycles. The predicted octanol–water partition coefficient (Wildman–Crippen LogP) is 4.89. The monoisotopic (exact) mass is 415 g/mol. The van der Waals surface area contributed by atoms with Gasteiger partial charge in [-0.05, 0) is 43.3 Å². The summed E-state index contributed by atoms with van der Waals surface area (Å²) in [5.41, 5.74) is 2.08. The molecule has 0 aliphatic heterocycles. The highest BCUT2D eigenvalue weighted by Gasteiger charge is 2.24. The molecule has 1 N–H and O–H groups in total. The molecule has 0 saturated carbocycles. The van der Waals surface area contributed by atoms with Crippen LogP contribution in [0.5, 0.6) is 11.5 Å². The van der Waals surface area contributed by atoms with Crippen molar-refractivity contribution < 1.29 is 18.7 Å². The Morgan fingerprint density at radius 3 is 2.45 bits per heavy atom. The van der Waals surface area contributed by atoms with Crippen LogP contribution in [0.25, 0.3) is 11.5 Å². The highest BCUT2D eigenvalue weighted by Crippen LogP contribution is 2.29. The third-order valence-corrected chi connectivity index (χ3v) is 4.50. The molecular formula is C24H21N3O4. The second-order valence-electron chi connectivity index (χ2n) is 6.60. The van der Waals surface area contributed by atoms with Crippen molar-refractivity contribution in [2.45, 2.75) is 13.0 Å². The molecule has 1 atom stereocenters. The Labute approximate surface area is 179 Å². The van der Waals surface area contributed by atoms with Crippen molar-refractivity contribution >= 4 is 11.6 Å². The average molecular weight is 415 g/mol. The summed E-state index contributed by atoms with van der Waals surface area (Å²) >= 11 is 0. The molecular weight excluding hydrogens is 394 g/mol. The van der Waals surface area contributed by atoms with Crippen LogP contribution in [0.15, 0.2) is 89.7 Å². The zero-order chi connectivity index (χ0) is 21.5. The standard InChI is InChI=1S/C24H21N3O4/c1-2-29-21-11-7-6-10-20(21)26-23(28)22(17-8-4-3-5-9-17)31-19-14-12-18(13-15-19)24-27-25-16-30-24/h3-16,22H,2H2,1H3,(H,26,28)/t22-/m0/s1. The van der Waals surface area contributed by atoms with E-state index in [2.05, 4.69) is 15.5 Å². The summed E-state index contributed by atoms with van der Waals surface area (Å²) in [7, 11) is 0. The van der Waals surface area contributed by atoms with Crippen LogP contribution >= 0.6 is 0 Å². The average Bonchev–Trinajstić information content (AvgIpc) is 3.35. The highest BCUT2D eigenvalue weighted by atomic mass is 16.5. The first-order valence-electron chi connectivity index (χ1n) is 9.85. The van der Waals surface area contributed by atoms with E-state index in [1.807, 2.05) is 55.5 Å². The molecule has 0 bridgehead atoms. The van der Waals surface area contributed by atoms with Crippen molar-refractivity contribution in [3.8, 4) is 23.0 Å². The van der Waals surface area contributed by atoms with Crippen LogP contribution in [0.2, 0.25) is 0 Å². The lowest BCUT2D eigenvalue weighted by Crippen LogP contribution is -2.26. The van der Waals surface area contributed by atoms with Crippen LogP contribution in [-0.4, -0.2) is 22.7 Å². The maximum atomic E-state index is 13.2. The Kier molecular flexibility index (Phi) is 6.23. The lowest BCUT2D eigenvalue weighted by molar-refractivity contribution is -0.123. The van der Waals surface area contributed by atoms with Gasteiger partial charge in [-0.3, -0.25) is 4.79 Å². The normalized spacial score (nSPS) is 11.5. The Bertz CT molecular complexity index is 1110. The van der Waals surface area contributed by atoms with E-state index in [0.29, 0.717) is 29.7 Å². The zero-order valence-corrected chi connectivity index (χ0v) is 16.9. The van der Waals surface area contributed by atoms with E-state index in [1.54, 1.807) is 30.3 Å². The number of hydrogen-bond acceptors (Lipinski definition) is 6. The summed E-state index contributed by atoms with van der Waals surface area (Å²) < 4.78 is 16.9. The van der Waals surface area contributed by atoms with E-state index >= 15 is 0 Å². The topological polar surface area (TPSA) is 86.5 Å². The Morgan fingerprint density at radius 2 is 1.74 bits per heavy atom. The number of amides is 1. The number of nitrogens with one attached hydrogen (secondary N) is 1. The Hall–Kier alpha value is -4.13. The molecule has 4 aromatic rings. The van der Waals surface area contributed by atoms with Crippen molar-refractivity contribution in [2.24, 2.45) is 0 Å². The third kappa shape index (κ3) is 4.90. The number of hydrogen-bond donors (Lipinski definition) is 1. The molecule has 1 amide bonds. The molecule has 0 aliphatic rings. The van der Waals surface area contributed by atoms with E-state index in [0.717, 1.165) is 11.1 Å². The number of rotatable bonds is 8. The molecule has 0 spiro atoms. The van der Waals surface area contributed by atoms with Gasteiger partial charge >= 0.3 is 0 Å². The molecule has 156 valence electrons. The van der Waals surface area contributed by atoms with Gasteiger partial charge in [-0.15, -0.1) is 10.2 Å². The van der Waals surface area contributed by atoms with Gasteiger partial charge in [-0.1, -0.05) is 42.5 Å². The van der Waals surface area contributed by atoms with Gasteiger partial charge in [-0.25, -0.2) is 0 Å². The van der Waals surface area contributed by atoms with Gasteiger partial charge in [0.25, 0.3) is 5.91 Å². The first-order valence-corrected chi connectivity index (χ1v) is 9.85. The zero-order valence-electron chi connectivity index (χ0n) is 16.9. The van der Waals surface area contributed by atoms with Crippen LogP contribution < -0.4 is 14.8 Å². The van der Waals surface area contributed by atoms with E-state index in [4.69, 9.17) is 13.9 Å². The van der Waals surface area contributed by atoms with Crippen molar-refractivity contribution in [2.75, 3.05) is 11.9 Å². The Balaban J connectivity index is 1.57. The fourth-order valence-corrected chi connectivity index (χ4v) is 3.06. The van der Waals surface area contributed by atoms with E-state index in [-0.39, 0.29) is 5.91 Å². The molecule has 7 nitrogen and oxygen atoms in total. The maximum Gasteiger partial charge on any atom is 0.270 e. The molecule has 31 heavy (non-hydrogen) atoms. The third-order valence-electron chi connectivity index (χ3n) is 4.50. The van der Waals surface area contributed by atoms with Gasteiger partial charge in [0.1, 0.15) is 11.5 Å². The molecule has 7 heteroatoms. The predicted molar refractivity (Wildman–Crippen MR) is 116 cm³/mol. The molecule has 0 saturated heterocycles. The first-order chi connectivity index (χ1) is 15.2. The number of ether oxygens (including phenoxy) is 2. The molecule has 0 unspecified atom stereocenters. The number of carbonyl (C=O) groups excluding carboxylic acids is 1. The lowest BCUT2D eigenvalue weighted by Gasteiger charge is -2.20. The summed E-state index contributed by atoms with van der Waals surface area (Å²) in [6, 6.07) is 23.8. The minimum atomic E-state index is -0.856. The number of para-hydroxylation sites is 2. The van der Waals surface area contributed by atoms with Gasteiger partial charge in [0.15, 0.2) is 0 Å². The molecule has 1 heterocycles. The quantitative estimate of drug-likeness (QED) is 0.441. The molecule has 3 aromatic carbocycles. The van der Waals surface area contributed by atoms with E-state index in [1.165, 1.54) is 6.39 Å². The van der Waals surface area contributed by atoms with Gasteiger partial charge in [0.2, 0.25) is 18.4 Å². The SMILES string of the molecule is CCOc1ccccc1NC(=O)[C@@H](Oc1ccc(-c2nnco2)cc1)c1ccccc1. The van der Waals surface area contributed by atoms with Crippen molar-refractivity contribution in [3.05, 3.63) is 90.8 Å². The Morgan fingerprint density at radius 1 is 1.00 bits per heavy atom. The van der Waals surface area contributed by atoms with Crippen LogP contribution in [0.1, 0.15) is 18.6 Å². The summed E-state index contributed by atoms with van der Waals surface area (Å²) in [5, 5.41) is 10.5. The van der Waals surface area contributed by atoms with Crippen molar-refractivity contribution in [3.63, 3.8) is 0 Å². The number of aromatic nitrogens is 2. The number of benzene rings is 3. The summed E-state index contributed by atoms with van der Waals surface area (Å²) in [6.07, 6.45) is 0.417.